The Morgan fingerprint density at radius 2 is 1.96 bits per heavy atom. The molecular weight excluding hydrogens is 326 g/mol. The Labute approximate surface area is 139 Å². The van der Waals surface area contributed by atoms with E-state index in [-0.39, 0.29) is 42.7 Å². The molecule has 128 valence electrons. The molecule has 0 saturated carbocycles. The van der Waals surface area contributed by atoms with Gasteiger partial charge in [-0.25, -0.2) is 0 Å². The molecule has 0 aromatic heterocycles. The van der Waals surface area contributed by atoms with Gasteiger partial charge in [0.05, 0.1) is 35.6 Å². The number of para-hydroxylation sites is 1. The maximum atomic E-state index is 11.8. The molecule has 8 nitrogen and oxygen atoms in total. The van der Waals surface area contributed by atoms with E-state index in [0.29, 0.717) is 0 Å². The molecule has 0 aliphatic carbocycles. The molecule has 1 rings (SSSR count). The highest BCUT2D eigenvalue weighted by molar-refractivity contribution is 5.85. The van der Waals surface area contributed by atoms with Crippen molar-refractivity contribution in [3.63, 3.8) is 0 Å². The number of nitrogens with two attached hydrogens (primary N) is 1. The lowest BCUT2D eigenvalue weighted by Gasteiger charge is -2.19. The van der Waals surface area contributed by atoms with E-state index in [1.807, 2.05) is 0 Å². The van der Waals surface area contributed by atoms with Gasteiger partial charge in [0.15, 0.2) is 0 Å². The lowest BCUT2D eigenvalue weighted by atomic mass is 10.0. The van der Waals surface area contributed by atoms with Gasteiger partial charge in [-0.05, 0) is 13.8 Å². The third-order valence-electron chi connectivity index (χ3n) is 2.77. The highest BCUT2D eigenvalue weighted by Crippen LogP contribution is 2.27. The Morgan fingerprint density at radius 1 is 1.35 bits per heavy atom. The first-order chi connectivity index (χ1) is 10.3. The predicted octanol–water partition coefficient (Wildman–Crippen LogP) is 1.47. The van der Waals surface area contributed by atoms with Crippen LogP contribution in [0.25, 0.3) is 0 Å². The van der Waals surface area contributed by atoms with E-state index < -0.39 is 22.8 Å². The summed E-state index contributed by atoms with van der Waals surface area (Å²) in [6.45, 7) is 3.10. The second-order valence-corrected chi connectivity index (χ2v) is 4.88. The molecular formula is C14H20ClN3O5. The van der Waals surface area contributed by atoms with Crippen LogP contribution in [0, 0.1) is 10.1 Å². The smallest absolute Gasteiger partial charge is 0.308 e. The van der Waals surface area contributed by atoms with Gasteiger partial charge >= 0.3 is 5.97 Å². The predicted molar refractivity (Wildman–Crippen MR) is 86.1 cm³/mol. The molecule has 1 unspecified atom stereocenters. The minimum absolute atomic E-state index is 0. The maximum Gasteiger partial charge on any atom is 0.308 e. The molecule has 1 aromatic rings. The summed E-state index contributed by atoms with van der Waals surface area (Å²) in [5.41, 5.74) is 5.30. The minimum atomic E-state index is -0.871. The van der Waals surface area contributed by atoms with Crippen molar-refractivity contribution in [2.75, 3.05) is 6.54 Å². The summed E-state index contributed by atoms with van der Waals surface area (Å²) in [6.07, 6.45) is -0.529. The van der Waals surface area contributed by atoms with Crippen LogP contribution in [-0.2, 0) is 14.3 Å². The molecule has 0 aliphatic heterocycles. The number of esters is 1. The van der Waals surface area contributed by atoms with Gasteiger partial charge < -0.3 is 15.8 Å². The first-order valence-corrected chi connectivity index (χ1v) is 6.77. The van der Waals surface area contributed by atoms with Crippen molar-refractivity contribution < 1.29 is 19.2 Å². The number of nitro groups is 1. The Kier molecular flexibility index (Phi) is 8.82. The average Bonchev–Trinajstić information content (AvgIpc) is 2.45. The number of hydrogen-bond donors (Lipinski definition) is 2. The number of rotatable bonds is 7. The largest absolute Gasteiger partial charge is 0.463 e. The molecule has 0 heterocycles. The van der Waals surface area contributed by atoms with E-state index in [1.54, 1.807) is 19.9 Å². The van der Waals surface area contributed by atoms with E-state index in [0.717, 1.165) is 0 Å². The third kappa shape index (κ3) is 6.62. The third-order valence-corrected chi connectivity index (χ3v) is 2.77. The molecule has 1 atom stereocenters. The highest BCUT2D eigenvalue weighted by atomic mass is 35.5. The zero-order chi connectivity index (χ0) is 16.7. The van der Waals surface area contributed by atoms with Crippen molar-refractivity contribution in [2.45, 2.75) is 32.4 Å². The zero-order valence-corrected chi connectivity index (χ0v) is 13.7. The number of nitro benzene ring substituents is 1. The first-order valence-electron chi connectivity index (χ1n) is 6.77. The lowest BCUT2D eigenvalue weighted by Crippen LogP contribution is -2.35. The van der Waals surface area contributed by atoms with Crippen LogP contribution in [0.2, 0.25) is 0 Å². The lowest BCUT2D eigenvalue weighted by molar-refractivity contribution is -0.385. The summed E-state index contributed by atoms with van der Waals surface area (Å²) >= 11 is 0. The fraction of sp³-hybridized carbons (Fsp3) is 0.429. The van der Waals surface area contributed by atoms with Crippen LogP contribution in [0.15, 0.2) is 24.3 Å². The quantitative estimate of drug-likeness (QED) is 0.438. The number of ether oxygens (including phenoxy) is 1. The van der Waals surface area contributed by atoms with Gasteiger partial charge in [0.25, 0.3) is 5.69 Å². The molecule has 0 bridgehead atoms. The summed E-state index contributed by atoms with van der Waals surface area (Å²) < 4.78 is 5.03. The van der Waals surface area contributed by atoms with Crippen LogP contribution in [0.5, 0.6) is 0 Å². The zero-order valence-electron chi connectivity index (χ0n) is 12.9. The van der Waals surface area contributed by atoms with Gasteiger partial charge in [-0.1, -0.05) is 18.2 Å². The van der Waals surface area contributed by atoms with Gasteiger partial charge in [0, 0.05) is 6.07 Å². The van der Waals surface area contributed by atoms with Crippen LogP contribution in [-0.4, -0.2) is 29.4 Å². The van der Waals surface area contributed by atoms with Crippen LogP contribution in [0.4, 0.5) is 5.69 Å². The second-order valence-electron chi connectivity index (χ2n) is 4.88. The molecule has 0 spiro atoms. The van der Waals surface area contributed by atoms with Gasteiger partial charge in [0.2, 0.25) is 5.91 Å². The van der Waals surface area contributed by atoms with Crippen molar-refractivity contribution >= 4 is 30.0 Å². The number of hydrogen-bond acceptors (Lipinski definition) is 6. The second kappa shape index (κ2) is 9.75. The number of amides is 1. The number of benzene rings is 1. The molecule has 3 N–H and O–H groups in total. The molecule has 0 aliphatic rings. The van der Waals surface area contributed by atoms with E-state index in [9.17, 15) is 19.7 Å². The fourth-order valence-electron chi connectivity index (χ4n) is 1.92. The van der Waals surface area contributed by atoms with Gasteiger partial charge in [-0.15, -0.1) is 12.4 Å². The Bertz CT molecular complexity index is 565. The Balaban J connectivity index is 0.00000484. The summed E-state index contributed by atoms with van der Waals surface area (Å²) in [5, 5.41) is 13.6. The molecule has 1 amide bonds. The molecule has 9 heteroatoms. The van der Waals surface area contributed by atoms with Gasteiger partial charge in [-0.3, -0.25) is 19.7 Å². The maximum absolute atomic E-state index is 11.8. The minimum Gasteiger partial charge on any atom is -0.463 e. The normalized spacial score (nSPS) is 11.3. The van der Waals surface area contributed by atoms with Crippen LogP contribution < -0.4 is 11.1 Å². The number of nitrogens with one attached hydrogen (secondary N) is 1. The van der Waals surface area contributed by atoms with Crippen LogP contribution in [0.3, 0.4) is 0 Å². The molecule has 1 aromatic carbocycles. The number of carbonyl (C=O) groups excluding carboxylic acids is 2. The Morgan fingerprint density at radius 3 is 2.48 bits per heavy atom. The fourth-order valence-corrected chi connectivity index (χ4v) is 1.92. The summed E-state index contributed by atoms with van der Waals surface area (Å²) in [4.78, 5) is 33.9. The SMILES string of the molecule is CC(C)OC(=O)CC(NC(=O)CN)c1ccccc1[N+](=O)[O-].Cl. The van der Waals surface area contributed by atoms with Crippen molar-refractivity contribution in [2.24, 2.45) is 5.73 Å². The summed E-state index contributed by atoms with van der Waals surface area (Å²) in [6, 6.07) is 5.03. The van der Waals surface area contributed by atoms with E-state index in [4.69, 9.17) is 10.5 Å². The van der Waals surface area contributed by atoms with E-state index >= 15 is 0 Å². The molecule has 0 fully saturated rings. The molecule has 23 heavy (non-hydrogen) atoms. The van der Waals surface area contributed by atoms with E-state index in [2.05, 4.69) is 5.32 Å². The van der Waals surface area contributed by atoms with Crippen molar-refractivity contribution in [3.05, 3.63) is 39.9 Å². The van der Waals surface area contributed by atoms with Crippen LogP contribution >= 0.6 is 12.4 Å². The summed E-state index contributed by atoms with van der Waals surface area (Å²) in [5.74, 6) is -1.07. The highest BCUT2D eigenvalue weighted by Gasteiger charge is 2.26. The van der Waals surface area contributed by atoms with Gasteiger partial charge in [0.1, 0.15) is 0 Å². The number of nitrogens with zero attached hydrogens (tertiary/aromatic N) is 1. The first kappa shape index (κ1) is 20.8. The number of halogens is 1. The van der Waals surface area contributed by atoms with Crippen LogP contribution in [0.1, 0.15) is 31.9 Å². The topological polar surface area (TPSA) is 125 Å². The van der Waals surface area contributed by atoms with Crippen molar-refractivity contribution in [1.29, 1.82) is 0 Å². The number of carbonyl (C=O) groups is 2. The van der Waals surface area contributed by atoms with Crippen molar-refractivity contribution in [3.8, 4) is 0 Å². The molecule has 0 radical (unpaired) electrons. The Hall–Kier alpha value is -2.19. The standard InChI is InChI=1S/C14H19N3O5.ClH/c1-9(2)22-14(19)7-11(16-13(18)8-15)10-5-3-4-6-12(10)17(20)21;/h3-6,9,11H,7-8,15H2,1-2H3,(H,16,18);1H. The van der Waals surface area contributed by atoms with E-state index in [1.165, 1.54) is 18.2 Å². The monoisotopic (exact) mass is 345 g/mol. The van der Waals surface area contributed by atoms with Gasteiger partial charge in [-0.2, -0.15) is 0 Å². The summed E-state index contributed by atoms with van der Waals surface area (Å²) in [7, 11) is 0. The average molecular weight is 346 g/mol. The molecule has 0 saturated heterocycles. The van der Waals surface area contributed by atoms with Crippen molar-refractivity contribution in [1.82, 2.24) is 5.32 Å².